The number of hydrogen-bond donors (Lipinski definition) is 1. The number of esters is 1. The lowest BCUT2D eigenvalue weighted by Gasteiger charge is -2.05. The van der Waals surface area contributed by atoms with E-state index in [4.69, 9.17) is 9.84 Å². The lowest BCUT2D eigenvalue weighted by molar-refractivity contribution is -0.144. The maximum atomic E-state index is 11.2. The van der Waals surface area contributed by atoms with Crippen LogP contribution in [0.25, 0.3) is 0 Å². The molecule has 1 aliphatic carbocycles. The molecule has 5 heteroatoms. The van der Waals surface area contributed by atoms with Crippen LogP contribution in [0.5, 0.6) is 0 Å². The number of ether oxygens (including phenoxy) is 1. The predicted molar refractivity (Wildman–Crippen MR) is 45.5 cm³/mol. The molecule has 0 radical (unpaired) electrons. The smallest absolute Gasteiger partial charge is 0.307 e. The fourth-order valence-electron chi connectivity index (χ4n) is 1.30. The van der Waals surface area contributed by atoms with Crippen LogP contribution in [0, 0.1) is 0 Å². The van der Waals surface area contributed by atoms with Crippen LogP contribution < -0.4 is 0 Å². The van der Waals surface area contributed by atoms with Crippen molar-refractivity contribution < 1.29 is 24.2 Å². The average Bonchev–Trinajstić information content (AvgIpc) is 2.28. The molecule has 0 aromatic heterocycles. The zero-order valence-electron chi connectivity index (χ0n) is 7.65. The van der Waals surface area contributed by atoms with Crippen molar-refractivity contribution in [2.24, 2.45) is 0 Å². The van der Waals surface area contributed by atoms with Gasteiger partial charge in [-0.1, -0.05) is 0 Å². The number of aliphatic carboxylic acids is 1. The van der Waals surface area contributed by atoms with Crippen molar-refractivity contribution in [3.8, 4) is 0 Å². The Labute approximate surface area is 80.4 Å². The Balaban J connectivity index is 2.62. The van der Waals surface area contributed by atoms with Crippen LogP contribution in [0.1, 0.15) is 19.8 Å². The van der Waals surface area contributed by atoms with Gasteiger partial charge in [-0.25, -0.2) is 0 Å². The molecule has 1 unspecified atom stereocenters. The summed E-state index contributed by atoms with van der Waals surface area (Å²) in [5.41, 5.74) is 0.212. The Morgan fingerprint density at radius 1 is 1.64 bits per heavy atom. The molecule has 0 saturated heterocycles. The molecule has 14 heavy (non-hydrogen) atoms. The van der Waals surface area contributed by atoms with Gasteiger partial charge in [0.2, 0.25) is 0 Å². The molecule has 0 aromatic rings. The maximum Gasteiger partial charge on any atom is 0.307 e. The van der Waals surface area contributed by atoms with Gasteiger partial charge in [0.25, 0.3) is 0 Å². The molecule has 0 aromatic carbocycles. The SMILES string of the molecule is CC(=O)OC1C=C(CC(=O)O)C(=O)C1. The highest BCUT2D eigenvalue weighted by molar-refractivity contribution is 6.01. The highest BCUT2D eigenvalue weighted by atomic mass is 16.5. The predicted octanol–water partition coefficient (Wildman–Crippen LogP) is 0.292. The monoisotopic (exact) mass is 198 g/mol. The van der Waals surface area contributed by atoms with Gasteiger partial charge in [-0.15, -0.1) is 0 Å². The first-order chi connectivity index (χ1) is 6.49. The minimum absolute atomic E-state index is 0.0577. The number of rotatable bonds is 3. The molecule has 76 valence electrons. The van der Waals surface area contributed by atoms with E-state index >= 15 is 0 Å². The Morgan fingerprint density at radius 3 is 2.79 bits per heavy atom. The highest BCUT2D eigenvalue weighted by Gasteiger charge is 2.26. The maximum absolute atomic E-state index is 11.2. The topological polar surface area (TPSA) is 80.7 Å². The molecule has 1 atom stereocenters. The molecular formula is C9H10O5. The molecule has 0 saturated carbocycles. The second-order valence-corrected chi connectivity index (χ2v) is 3.04. The molecular weight excluding hydrogens is 188 g/mol. The van der Waals surface area contributed by atoms with E-state index in [1.165, 1.54) is 13.0 Å². The Kier molecular flexibility index (Phi) is 3.01. The second-order valence-electron chi connectivity index (χ2n) is 3.04. The summed E-state index contributed by atoms with van der Waals surface area (Å²) in [6.07, 6.45) is 0.561. The minimum Gasteiger partial charge on any atom is -0.481 e. The summed E-state index contributed by atoms with van der Waals surface area (Å²) < 4.78 is 4.76. The summed E-state index contributed by atoms with van der Waals surface area (Å²) in [4.78, 5) is 32.1. The molecule has 0 aliphatic heterocycles. The quantitative estimate of drug-likeness (QED) is 0.659. The van der Waals surface area contributed by atoms with Crippen molar-refractivity contribution >= 4 is 17.7 Å². The van der Waals surface area contributed by atoms with Gasteiger partial charge in [-0.2, -0.15) is 0 Å². The van der Waals surface area contributed by atoms with Gasteiger partial charge in [-0.05, 0) is 6.08 Å². The number of carboxylic acid groups (broad SMARTS) is 1. The first-order valence-corrected chi connectivity index (χ1v) is 4.12. The third kappa shape index (κ3) is 2.69. The van der Waals surface area contributed by atoms with Gasteiger partial charge in [0, 0.05) is 12.5 Å². The third-order valence-corrected chi connectivity index (χ3v) is 1.79. The van der Waals surface area contributed by atoms with E-state index in [2.05, 4.69) is 0 Å². The van der Waals surface area contributed by atoms with Crippen LogP contribution >= 0.6 is 0 Å². The normalized spacial score (nSPS) is 20.5. The standard InChI is InChI=1S/C9H10O5/c1-5(10)14-7-2-6(3-9(12)13)8(11)4-7/h2,7H,3-4H2,1H3,(H,12,13). The first kappa shape index (κ1) is 10.4. The number of Topliss-reactive ketones (excluding diaryl/α,β-unsaturated/α-hetero) is 1. The molecule has 0 fully saturated rings. The van der Waals surface area contributed by atoms with Gasteiger partial charge in [0.05, 0.1) is 12.8 Å². The van der Waals surface area contributed by atoms with E-state index in [0.717, 1.165) is 0 Å². The fraction of sp³-hybridized carbons (Fsp3) is 0.444. The lowest BCUT2D eigenvalue weighted by atomic mass is 10.1. The summed E-state index contributed by atoms with van der Waals surface area (Å²) >= 11 is 0. The molecule has 1 N–H and O–H groups in total. The molecule has 1 aliphatic rings. The van der Waals surface area contributed by atoms with Crippen LogP contribution in [-0.4, -0.2) is 28.9 Å². The van der Waals surface area contributed by atoms with E-state index in [1.54, 1.807) is 0 Å². The number of carbonyl (C=O) groups is 3. The molecule has 0 heterocycles. The molecule has 0 spiro atoms. The lowest BCUT2D eigenvalue weighted by Crippen LogP contribution is -2.12. The van der Waals surface area contributed by atoms with Crippen molar-refractivity contribution in [1.82, 2.24) is 0 Å². The Hall–Kier alpha value is -1.65. The van der Waals surface area contributed by atoms with Crippen LogP contribution in [0.15, 0.2) is 11.6 Å². The summed E-state index contributed by atoms with van der Waals surface area (Å²) in [5.74, 6) is -1.80. The second kappa shape index (κ2) is 4.04. The summed E-state index contributed by atoms with van der Waals surface area (Å²) in [6, 6.07) is 0. The number of carbonyl (C=O) groups excluding carboxylic acids is 2. The zero-order chi connectivity index (χ0) is 10.7. The fourth-order valence-corrected chi connectivity index (χ4v) is 1.30. The summed E-state index contributed by atoms with van der Waals surface area (Å²) in [5, 5.41) is 8.46. The van der Waals surface area contributed by atoms with Gasteiger partial charge in [-0.3, -0.25) is 14.4 Å². The van der Waals surface area contributed by atoms with Crippen molar-refractivity contribution in [3.63, 3.8) is 0 Å². The van der Waals surface area contributed by atoms with Crippen molar-refractivity contribution in [2.45, 2.75) is 25.9 Å². The largest absolute Gasteiger partial charge is 0.481 e. The Bertz CT molecular complexity index is 315. The van der Waals surface area contributed by atoms with Crippen molar-refractivity contribution in [3.05, 3.63) is 11.6 Å². The van der Waals surface area contributed by atoms with E-state index in [0.29, 0.717) is 0 Å². The minimum atomic E-state index is -1.06. The Morgan fingerprint density at radius 2 is 2.29 bits per heavy atom. The number of hydrogen-bond acceptors (Lipinski definition) is 4. The van der Waals surface area contributed by atoms with Gasteiger partial charge < -0.3 is 9.84 Å². The van der Waals surface area contributed by atoms with Crippen LogP contribution in [0.4, 0.5) is 0 Å². The van der Waals surface area contributed by atoms with Gasteiger partial charge >= 0.3 is 11.9 Å². The summed E-state index contributed by atoms with van der Waals surface area (Å²) in [6.45, 7) is 1.24. The highest BCUT2D eigenvalue weighted by Crippen LogP contribution is 2.20. The molecule has 0 bridgehead atoms. The number of carboxylic acids is 1. The molecule has 0 amide bonds. The van der Waals surface area contributed by atoms with E-state index in [-0.39, 0.29) is 24.2 Å². The van der Waals surface area contributed by atoms with Gasteiger partial charge in [0.15, 0.2) is 5.78 Å². The van der Waals surface area contributed by atoms with E-state index < -0.39 is 18.0 Å². The van der Waals surface area contributed by atoms with E-state index in [1.807, 2.05) is 0 Å². The van der Waals surface area contributed by atoms with Crippen LogP contribution in [-0.2, 0) is 19.1 Å². The van der Waals surface area contributed by atoms with E-state index in [9.17, 15) is 14.4 Å². The molecule has 1 rings (SSSR count). The van der Waals surface area contributed by atoms with Crippen LogP contribution in [0.2, 0.25) is 0 Å². The number of ketones is 1. The third-order valence-electron chi connectivity index (χ3n) is 1.79. The van der Waals surface area contributed by atoms with Gasteiger partial charge in [0.1, 0.15) is 6.10 Å². The summed E-state index contributed by atoms with van der Waals surface area (Å²) in [7, 11) is 0. The van der Waals surface area contributed by atoms with Crippen LogP contribution in [0.3, 0.4) is 0 Å². The molecule has 5 nitrogen and oxygen atoms in total. The zero-order valence-corrected chi connectivity index (χ0v) is 7.65. The average molecular weight is 198 g/mol. The van der Waals surface area contributed by atoms with Crippen molar-refractivity contribution in [2.75, 3.05) is 0 Å². The first-order valence-electron chi connectivity index (χ1n) is 4.12. The van der Waals surface area contributed by atoms with Crippen molar-refractivity contribution in [1.29, 1.82) is 0 Å².